The third-order valence-electron chi connectivity index (χ3n) is 2.69. The molecular weight excluding hydrogens is 349 g/mol. The van der Waals surface area contributed by atoms with Crippen molar-refractivity contribution < 1.29 is 13.9 Å². The number of halogens is 2. The van der Waals surface area contributed by atoms with Crippen LogP contribution >= 0.6 is 15.9 Å². The first kappa shape index (κ1) is 16.1. The van der Waals surface area contributed by atoms with E-state index in [0.29, 0.717) is 5.75 Å². The van der Waals surface area contributed by atoms with Crippen LogP contribution in [0.2, 0.25) is 0 Å². The number of carbonyl (C=O) groups is 1. The zero-order chi connectivity index (χ0) is 15.8. The highest BCUT2D eigenvalue weighted by atomic mass is 79.9. The average Bonchev–Trinajstić information content (AvgIpc) is 2.51. The Bertz CT molecular complexity index is 722. The number of amides is 1. The largest absolute Gasteiger partial charge is 0.481 e. The molecule has 0 spiro atoms. The van der Waals surface area contributed by atoms with Crippen molar-refractivity contribution in [2.24, 2.45) is 0 Å². The Kier molecular flexibility index (Phi) is 5.99. The second-order valence-corrected chi connectivity index (χ2v) is 5.18. The first-order valence-electron chi connectivity index (χ1n) is 6.53. The molecule has 0 aromatic heterocycles. The Balaban J connectivity index is 1.75. The molecule has 0 bridgehead atoms. The highest BCUT2D eigenvalue weighted by molar-refractivity contribution is 9.10. The van der Waals surface area contributed by atoms with Crippen molar-refractivity contribution in [3.05, 3.63) is 64.4 Å². The monoisotopic (exact) mass is 361 g/mol. The van der Waals surface area contributed by atoms with Gasteiger partial charge in [-0.05, 0) is 30.3 Å². The van der Waals surface area contributed by atoms with Crippen LogP contribution in [0, 0.1) is 17.7 Å². The van der Waals surface area contributed by atoms with Gasteiger partial charge in [0.15, 0.2) is 0 Å². The third kappa shape index (κ3) is 4.90. The fraction of sp³-hybridized carbons (Fsp3) is 0.118. The van der Waals surface area contributed by atoms with Gasteiger partial charge in [-0.2, -0.15) is 0 Å². The highest BCUT2D eigenvalue weighted by Crippen LogP contribution is 2.17. The standard InChI is InChI=1S/C17H13BrFNO2/c18-13-6-5-7-14(12-13)22-11-4-3-10-20-17(21)15-8-1-2-9-16(15)19/h1-2,5-9,12H,10-11H2,(H,20,21). The van der Waals surface area contributed by atoms with Crippen LogP contribution in [0.15, 0.2) is 53.0 Å². The number of rotatable bonds is 4. The lowest BCUT2D eigenvalue weighted by molar-refractivity contribution is 0.0954. The maximum atomic E-state index is 13.4. The zero-order valence-corrected chi connectivity index (χ0v) is 13.2. The Hall–Kier alpha value is -2.32. The molecule has 0 aliphatic rings. The molecule has 1 amide bonds. The van der Waals surface area contributed by atoms with E-state index in [2.05, 4.69) is 33.1 Å². The molecule has 0 saturated heterocycles. The van der Waals surface area contributed by atoms with Gasteiger partial charge in [0.2, 0.25) is 0 Å². The van der Waals surface area contributed by atoms with E-state index in [4.69, 9.17) is 4.74 Å². The predicted octanol–water partition coefficient (Wildman–Crippen LogP) is 3.40. The van der Waals surface area contributed by atoms with Gasteiger partial charge in [-0.25, -0.2) is 4.39 Å². The van der Waals surface area contributed by atoms with Gasteiger partial charge < -0.3 is 10.1 Å². The summed E-state index contributed by atoms with van der Waals surface area (Å²) in [7, 11) is 0. The molecule has 0 fully saturated rings. The lowest BCUT2D eigenvalue weighted by Gasteiger charge is -2.02. The second-order valence-electron chi connectivity index (χ2n) is 4.26. The molecule has 2 aromatic rings. The molecular formula is C17H13BrFNO2. The lowest BCUT2D eigenvalue weighted by atomic mass is 10.2. The van der Waals surface area contributed by atoms with Gasteiger partial charge >= 0.3 is 0 Å². The average molecular weight is 362 g/mol. The van der Waals surface area contributed by atoms with E-state index in [-0.39, 0.29) is 18.7 Å². The fourth-order valence-electron chi connectivity index (χ4n) is 1.65. The fourth-order valence-corrected chi connectivity index (χ4v) is 2.03. The maximum absolute atomic E-state index is 13.4. The number of hydrogen-bond acceptors (Lipinski definition) is 2. The number of nitrogens with one attached hydrogen (secondary N) is 1. The quantitative estimate of drug-likeness (QED) is 0.847. The van der Waals surface area contributed by atoms with Gasteiger partial charge in [0.05, 0.1) is 12.1 Å². The van der Waals surface area contributed by atoms with E-state index < -0.39 is 11.7 Å². The molecule has 5 heteroatoms. The predicted molar refractivity (Wildman–Crippen MR) is 86.1 cm³/mol. The van der Waals surface area contributed by atoms with Crippen molar-refractivity contribution in [1.29, 1.82) is 0 Å². The summed E-state index contributed by atoms with van der Waals surface area (Å²) in [6.45, 7) is 0.348. The van der Waals surface area contributed by atoms with Crippen molar-refractivity contribution >= 4 is 21.8 Å². The molecule has 2 rings (SSSR count). The summed E-state index contributed by atoms with van der Waals surface area (Å²) in [5.74, 6) is 5.20. The van der Waals surface area contributed by atoms with Crippen molar-refractivity contribution in [3.63, 3.8) is 0 Å². The zero-order valence-electron chi connectivity index (χ0n) is 11.6. The van der Waals surface area contributed by atoms with Crippen molar-refractivity contribution in [1.82, 2.24) is 5.32 Å². The van der Waals surface area contributed by atoms with Crippen LogP contribution in [0.4, 0.5) is 4.39 Å². The van der Waals surface area contributed by atoms with Gasteiger partial charge in [0.25, 0.3) is 5.91 Å². The molecule has 3 nitrogen and oxygen atoms in total. The molecule has 1 N–H and O–H groups in total. The normalized spacial score (nSPS) is 9.55. The molecule has 0 unspecified atom stereocenters. The molecule has 0 atom stereocenters. The second kappa shape index (κ2) is 8.20. The first-order chi connectivity index (χ1) is 10.7. The smallest absolute Gasteiger partial charge is 0.255 e. The third-order valence-corrected chi connectivity index (χ3v) is 3.18. The maximum Gasteiger partial charge on any atom is 0.255 e. The molecule has 0 heterocycles. The van der Waals surface area contributed by atoms with Crippen LogP contribution in [0.25, 0.3) is 0 Å². The van der Waals surface area contributed by atoms with Gasteiger partial charge in [0, 0.05) is 4.47 Å². The van der Waals surface area contributed by atoms with Gasteiger partial charge in [-0.15, -0.1) is 0 Å². The van der Waals surface area contributed by atoms with Gasteiger partial charge in [-0.3, -0.25) is 4.79 Å². The van der Waals surface area contributed by atoms with Crippen molar-refractivity contribution in [2.75, 3.05) is 13.2 Å². The Morgan fingerprint density at radius 1 is 1.18 bits per heavy atom. The summed E-state index contributed by atoms with van der Waals surface area (Å²) < 4.78 is 19.7. The van der Waals surface area contributed by atoms with Crippen LogP contribution in [-0.4, -0.2) is 19.1 Å². The Morgan fingerprint density at radius 2 is 2.00 bits per heavy atom. The molecule has 0 radical (unpaired) electrons. The minimum atomic E-state index is -0.550. The molecule has 112 valence electrons. The summed E-state index contributed by atoms with van der Waals surface area (Å²) in [6, 6.07) is 13.2. The summed E-state index contributed by atoms with van der Waals surface area (Å²) in [5.41, 5.74) is 0.00897. The summed E-state index contributed by atoms with van der Waals surface area (Å²) >= 11 is 3.35. The minimum absolute atomic E-state index is 0.00897. The molecule has 0 saturated carbocycles. The van der Waals surface area contributed by atoms with Crippen LogP contribution < -0.4 is 10.1 Å². The minimum Gasteiger partial charge on any atom is -0.481 e. The number of ether oxygens (including phenoxy) is 1. The number of benzene rings is 2. The molecule has 2 aromatic carbocycles. The molecule has 22 heavy (non-hydrogen) atoms. The van der Waals surface area contributed by atoms with Crippen molar-refractivity contribution in [3.8, 4) is 17.6 Å². The highest BCUT2D eigenvalue weighted by Gasteiger charge is 2.08. The number of hydrogen-bond donors (Lipinski definition) is 1. The molecule has 0 aliphatic heterocycles. The number of carbonyl (C=O) groups excluding carboxylic acids is 1. The van der Waals surface area contributed by atoms with E-state index in [9.17, 15) is 9.18 Å². The summed E-state index contributed by atoms with van der Waals surface area (Å²) in [4.78, 5) is 11.7. The summed E-state index contributed by atoms with van der Waals surface area (Å²) in [5, 5.41) is 2.53. The van der Waals surface area contributed by atoms with E-state index in [0.717, 1.165) is 4.47 Å². The van der Waals surface area contributed by atoms with Crippen LogP contribution in [0.5, 0.6) is 5.75 Å². The van der Waals surface area contributed by atoms with E-state index >= 15 is 0 Å². The van der Waals surface area contributed by atoms with Crippen LogP contribution in [0.3, 0.4) is 0 Å². The SMILES string of the molecule is O=C(NCC#CCOc1cccc(Br)c1)c1ccccc1F. The van der Waals surface area contributed by atoms with E-state index in [1.54, 1.807) is 6.07 Å². The lowest BCUT2D eigenvalue weighted by Crippen LogP contribution is -2.24. The van der Waals surface area contributed by atoms with E-state index in [1.165, 1.54) is 18.2 Å². The topological polar surface area (TPSA) is 38.3 Å². The van der Waals surface area contributed by atoms with Gasteiger partial charge in [0.1, 0.15) is 18.2 Å². The van der Waals surface area contributed by atoms with Crippen molar-refractivity contribution in [2.45, 2.75) is 0 Å². The van der Waals surface area contributed by atoms with Crippen LogP contribution in [0.1, 0.15) is 10.4 Å². The first-order valence-corrected chi connectivity index (χ1v) is 7.33. The van der Waals surface area contributed by atoms with Gasteiger partial charge in [-0.1, -0.05) is 46.0 Å². The Morgan fingerprint density at radius 3 is 2.77 bits per heavy atom. The Labute approximate surface area is 136 Å². The molecule has 0 aliphatic carbocycles. The summed E-state index contributed by atoms with van der Waals surface area (Å²) in [6.07, 6.45) is 0. The van der Waals surface area contributed by atoms with E-state index in [1.807, 2.05) is 24.3 Å². The van der Waals surface area contributed by atoms with Crippen LogP contribution in [-0.2, 0) is 0 Å².